The molecule has 0 saturated heterocycles. The van der Waals surface area contributed by atoms with Crippen LogP contribution in [0, 0.1) is 5.92 Å². The van der Waals surface area contributed by atoms with Crippen LogP contribution >= 0.6 is 12.4 Å². The lowest BCUT2D eigenvalue weighted by Crippen LogP contribution is -2.37. The summed E-state index contributed by atoms with van der Waals surface area (Å²) in [6, 6.07) is -0.471. The van der Waals surface area contributed by atoms with Crippen molar-refractivity contribution in [2.45, 2.75) is 46.1 Å². The van der Waals surface area contributed by atoms with E-state index in [4.69, 9.17) is 10.5 Å². The maximum Gasteiger partial charge on any atom is 0.323 e. The highest BCUT2D eigenvalue weighted by Crippen LogP contribution is 2.01. The van der Waals surface area contributed by atoms with E-state index in [2.05, 4.69) is 6.92 Å². The lowest BCUT2D eigenvalue weighted by Gasteiger charge is -2.14. The first-order valence-corrected chi connectivity index (χ1v) is 5.01. The van der Waals surface area contributed by atoms with E-state index in [9.17, 15) is 4.79 Å². The normalized spacial score (nSPS) is 12.1. The van der Waals surface area contributed by atoms with Crippen LogP contribution in [0.2, 0.25) is 0 Å². The fourth-order valence-corrected chi connectivity index (χ4v) is 0.893. The van der Waals surface area contributed by atoms with Crippen LogP contribution in [-0.2, 0) is 9.53 Å². The summed E-state index contributed by atoms with van der Waals surface area (Å²) in [6.07, 6.45) is 3.17. The molecule has 0 saturated carbocycles. The minimum Gasteiger partial charge on any atom is -0.465 e. The van der Waals surface area contributed by atoms with Crippen molar-refractivity contribution in [1.29, 1.82) is 0 Å². The number of nitrogens with two attached hydrogens (primary N) is 1. The summed E-state index contributed by atoms with van der Waals surface area (Å²) in [6.45, 7) is 6.45. The molecule has 86 valence electrons. The zero-order valence-electron chi connectivity index (χ0n) is 9.29. The molecule has 0 aromatic rings. The van der Waals surface area contributed by atoms with Gasteiger partial charge in [0.1, 0.15) is 6.04 Å². The molecule has 0 aliphatic heterocycles. The van der Waals surface area contributed by atoms with E-state index in [-0.39, 0.29) is 24.3 Å². The summed E-state index contributed by atoms with van der Waals surface area (Å²) in [7, 11) is 0. The van der Waals surface area contributed by atoms with E-state index < -0.39 is 6.04 Å². The van der Waals surface area contributed by atoms with Gasteiger partial charge in [-0.05, 0) is 12.3 Å². The molecule has 14 heavy (non-hydrogen) atoms. The van der Waals surface area contributed by atoms with Crippen LogP contribution in [0.25, 0.3) is 0 Å². The topological polar surface area (TPSA) is 52.3 Å². The molecule has 4 heteroatoms. The Kier molecular flexibility index (Phi) is 10.7. The van der Waals surface area contributed by atoms with Gasteiger partial charge in [-0.1, -0.05) is 33.6 Å². The summed E-state index contributed by atoms with van der Waals surface area (Å²) < 4.78 is 5.00. The van der Waals surface area contributed by atoms with Gasteiger partial charge in [0.15, 0.2) is 0 Å². The number of carbonyl (C=O) groups is 1. The smallest absolute Gasteiger partial charge is 0.323 e. The van der Waals surface area contributed by atoms with Crippen LogP contribution in [0.5, 0.6) is 0 Å². The Bertz CT molecular complexity index is 151. The van der Waals surface area contributed by atoms with Gasteiger partial charge in [0.05, 0.1) is 6.61 Å². The standard InChI is InChI=1S/C10H21NO2.ClH/c1-4-5-6-7-13-10(12)9(11)8(2)3;/h8-9H,4-7,11H2,1-3H3;1H. The number of ether oxygens (including phenoxy) is 1. The molecule has 0 heterocycles. The number of unbranched alkanes of at least 4 members (excludes halogenated alkanes) is 2. The second-order valence-corrected chi connectivity index (χ2v) is 3.64. The van der Waals surface area contributed by atoms with Crippen molar-refractivity contribution < 1.29 is 9.53 Å². The van der Waals surface area contributed by atoms with Gasteiger partial charge in [-0.25, -0.2) is 0 Å². The van der Waals surface area contributed by atoms with Crippen LogP contribution in [-0.4, -0.2) is 18.6 Å². The Labute approximate surface area is 92.8 Å². The van der Waals surface area contributed by atoms with Crippen molar-refractivity contribution in [3.8, 4) is 0 Å². The van der Waals surface area contributed by atoms with Crippen LogP contribution in [0.1, 0.15) is 40.0 Å². The van der Waals surface area contributed by atoms with Gasteiger partial charge in [0.25, 0.3) is 0 Å². The molecule has 0 aliphatic carbocycles. The van der Waals surface area contributed by atoms with Crippen molar-refractivity contribution in [2.75, 3.05) is 6.61 Å². The number of esters is 1. The van der Waals surface area contributed by atoms with E-state index in [1.807, 2.05) is 13.8 Å². The molecule has 1 unspecified atom stereocenters. The summed E-state index contributed by atoms with van der Waals surface area (Å²) in [5.74, 6) is -0.121. The average Bonchev–Trinajstić information content (AvgIpc) is 2.10. The minimum atomic E-state index is -0.471. The molecular weight excluding hydrogens is 202 g/mol. The van der Waals surface area contributed by atoms with Gasteiger partial charge < -0.3 is 10.5 Å². The fraction of sp³-hybridized carbons (Fsp3) is 0.900. The number of rotatable bonds is 6. The van der Waals surface area contributed by atoms with Crippen molar-refractivity contribution in [3.63, 3.8) is 0 Å². The van der Waals surface area contributed by atoms with E-state index in [1.165, 1.54) is 0 Å². The lowest BCUT2D eigenvalue weighted by atomic mass is 10.1. The van der Waals surface area contributed by atoms with Gasteiger partial charge >= 0.3 is 5.97 Å². The fourth-order valence-electron chi connectivity index (χ4n) is 0.893. The number of hydrogen-bond donors (Lipinski definition) is 1. The molecule has 2 N–H and O–H groups in total. The number of carbonyl (C=O) groups excluding carboxylic acids is 1. The lowest BCUT2D eigenvalue weighted by molar-refractivity contribution is -0.146. The molecule has 0 aromatic heterocycles. The van der Waals surface area contributed by atoms with E-state index in [0.717, 1.165) is 19.3 Å². The summed E-state index contributed by atoms with van der Waals surface area (Å²) in [4.78, 5) is 11.2. The zero-order chi connectivity index (χ0) is 10.3. The van der Waals surface area contributed by atoms with Gasteiger partial charge in [0.2, 0.25) is 0 Å². The predicted octanol–water partition coefficient (Wildman–Crippen LogP) is 2.12. The second-order valence-electron chi connectivity index (χ2n) is 3.64. The maximum absolute atomic E-state index is 11.2. The minimum absolute atomic E-state index is 0. The molecule has 1 atom stereocenters. The molecule has 0 aliphatic rings. The molecular formula is C10H22ClNO2. The van der Waals surface area contributed by atoms with Crippen LogP contribution in [0.4, 0.5) is 0 Å². The Balaban J connectivity index is 0. The Morgan fingerprint density at radius 3 is 2.36 bits per heavy atom. The highest BCUT2D eigenvalue weighted by atomic mass is 35.5. The third kappa shape index (κ3) is 7.15. The van der Waals surface area contributed by atoms with Crippen LogP contribution in [0.15, 0.2) is 0 Å². The van der Waals surface area contributed by atoms with Crippen LogP contribution < -0.4 is 5.73 Å². The molecule has 0 spiro atoms. The third-order valence-electron chi connectivity index (χ3n) is 1.98. The predicted molar refractivity (Wildman–Crippen MR) is 60.5 cm³/mol. The van der Waals surface area contributed by atoms with Gasteiger partial charge in [0, 0.05) is 0 Å². The van der Waals surface area contributed by atoms with Gasteiger partial charge in [-0.3, -0.25) is 4.79 Å². The zero-order valence-corrected chi connectivity index (χ0v) is 10.1. The number of hydrogen-bond acceptors (Lipinski definition) is 3. The molecule has 0 bridgehead atoms. The molecule has 0 rings (SSSR count). The number of halogens is 1. The van der Waals surface area contributed by atoms with Crippen molar-refractivity contribution in [3.05, 3.63) is 0 Å². The van der Waals surface area contributed by atoms with Crippen molar-refractivity contribution in [2.24, 2.45) is 11.7 Å². The molecule has 0 fully saturated rings. The Hall–Kier alpha value is -0.280. The molecule has 0 radical (unpaired) electrons. The molecule has 0 aromatic carbocycles. The Morgan fingerprint density at radius 2 is 1.93 bits per heavy atom. The maximum atomic E-state index is 11.2. The van der Waals surface area contributed by atoms with Crippen molar-refractivity contribution in [1.82, 2.24) is 0 Å². The third-order valence-corrected chi connectivity index (χ3v) is 1.98. The quantitative estimate of drug-likeness (QED) is 0.555. The van der Waals surface area contributed by atoms with E-state index in [1.54, 1.807) is 0 Å². The highest BCUT2D eigenvalue weighted by molar-refractivity contribution is 5.85. The van der Waals surface area contributed by atoms with Crippen molar-refractivity contribution >= 4 is 18.4 Å². The largest absolute Gasteiger partial charge is 0.465 e. The molecule has 0 amide bonds. The molecule has 3 nitrogen and oxygen atoms in total. The summed E-state index contributed by atoms with van der Waals surface area (Å²) in [5.41, 5.74) is 5.60. The first kappa shape index (κ1) is 16.2. The second kappa shape index (κ2) is 9.28. The van der Waals surface area contributed by atoms with Gasteiger partial charge in [-0.2, -0.15) is 0 Å². The SMILES string of the molecule is CCCCCOC(=O)C(N)C(C)C.Cl. The van der Waals surface area contributed by atoms with E-state index in [0.29, 0.717) is 6.61 Å². The summed E-state index contributed by atoms with van der Waals surface area (Å²) >= 11 is 0. The first-order chi connectivity index (χ1) is 6.09. The summed E-state index contributed by atoms with van der Waals surface area (Å²) in [5, 5.41) is 0. The highest BCUT2D eigenvalue weighted by Gasteiger charge is 2.17. The van der Waals surface area contributed by atoms with E-state index >= 15 is 0 Å². The monoisotopic (exact) mass is 223 g/mol. The van der Waals surface area contributed by atoms with Gasteiger partial charge in [-0.15, -0.1) is 12.4 Å². The average molecular weight is 224 g/mol. The first-order valence-electron chi connectivity index (χ1n) is 5.01. The Morgan fingerprint density at radius 1 is 1.36 bits per heavy atom. The van der Waals surface area contributed by atoms with Crippen LogP contribution in [0.3, 0.4) is 0 Å².